The van der Waals surface area contributed by atoms with Crippen molar-refractivity contribution in [1.29, 1.82) is 0 Å². The topological polar surface area (TPSA) is 26.0 Å². The maximum absolute atomic E-state index is 13.9. The second-order valence-corrected chi connectivity index (χ2v) is 7.57. The Balaban J connectivity index is 2.14. The Morgan fingerprint density at radius 2 is 1.86 bits per heavy atom. The number of halogens is 2. The van der Waals surface area contributed by atoms with Crippen molar-refractivity contribution in [1.82, 2.24) is 0 Å². The SMILES string of the molecule is CC(C)(C)C1CCC(CN)C(Cc2ccc(F)cc2F)C1. The summed E-state index contributed by atoms with van der Waals surface area (Å²) in [4.78, 5) is 0. The van der Waals surface area contributed by atoms with Gasteiger partial charge in [0, 0.05) is 6.07 Å². The quantitative estimate of drug-likeness (QED) is 0.870. The lowest BCUT2D eigenvalue weighted by Gasteiger charge is -2.41. The fourth-order valence-corrected chi connectivity index (χ4v) is 3.64. The van der Waals surface area contributed by atoms with Crippen molar-refractivity contribution in [2.45, 2.75) is 46.5 Å². The van der Waals surface area contributed by atoms with Gasteiger partial charge < -0.3 is 5.73 Å². The third-order valence-electron chi connectivity index (χ3n) is 5.16. The van der Waals surface area contributed by atoms with Gasteiger partial charge in [0.1, 0.15) is 11.6 Å². The first-order valence-electron chi connectivity index (χ1n) is 7.95. The van der Waals surface area contributed by atoms with Gasteiger partial charge in [0.2, 0.25) is 0 Å². The summed E-state index contributed by atoms with van der Waals surface area (Å²) in [6.07, 6.45) is 4.07. The number of nitrogens with two attached hydrogens (primary N) is 1. The zero-order valence-electron chi connectivity index (χ0n) is 13.3. The fourth-order valence-electron chi connectivity index (χ4n) is 3.64. The van der Waals surface area contributed by atoms with Crippen LogP contribution < -0.4 is 5.73 Å². The van der Waals surface area contributed by atoms with E-state index in [4.69, 9.17) is 5.73 Å². The molecule has 0 bridgehead atoms. The molecular weight excluding hydrogens is 268 g/mol. The van der Waals surface area contributed by atoms with Crippen LogP contribution in [0.5, 0.6) is 0 Å². The van der Waals surface area contributed by atoms with E-state index in [1.54, 1.807) is 6.07 Å². The molecule has 1 nitrogen and oxygen atoms in total. The van der Waals surface area contributed by atoms with E-state index in [0.29, 0.717) is 36.3 Å². The first-order valence-corrected chi connectivity index (χ1v) is 7.95. The van der Waals surface area contributed by atoms with Crippen LogP contribution in [0.4, 0.5) is 8.78 Å². The van der Waals surface area contributed by atoms with Gasteiger partial charge in [-0.2, -0.15) is 0 Å². The lowest BCUT2D eigenvalue weighted by Crippen LogP contribution is -2.36. The zero-order chi connectivity index (χ0) is 15.6. The van der Waals surface area contributed by atoms with Crippen LogP contribution in [-0.4, -0.2) is 6.54 Å². The van der Waals surface area contributed by atoms with Crippen LogP contribution in [0.25, 0.3) is 0 Å². The number of benzene rings is 1. The molecule has 0 amide bonds. The summed E-state index contributed by atoms with van der Waals surface area (Å²) in [6, 6.07) is 3.91. The number of hydrogen-bond donors (Lipinski definition) is 1. The van der Waals surface area contributed by atoms with Crippen molar-refractivity contribution in [3.05, 3.63) is 35.4 Å². The van der Waals surface area contributed by atoms with Crippen LogP contribution in [0, 0.1) is 34.8 Å². The predicted octanol–water partition coefficient (Wildman–Crippen LogP) is 4.54. The Bertz CT molecular complexity index is 479. The highest BCUT2D eigenvalue weighted by Gasteiger charge is 2.35. The first kappa shape index (κ1) is 16.4. The molecule has 1 fully saturated rings. The molecule has 1 saturated carbocycles. The first-order chi connectivity index (χ1) is 9.81. The molecule has 2 rings (SSSR count). The van der Waals surface area contributed by atoms with Gasteiger partial charge in [-0.3, -0.25) is 0 Å². The molecule has 3 unspecified atom stereocenters. The van der Waals surface area contributed by atoms with Gasteiger partial charge in [-0.05, 0) is 67.0 Å². The molecule has 1 aliphatic rings. The van der Waals surface area contributed by atoms with Crippen molar-refractivity contribution in [2.75, 3.05) is 6.54 Å². The van der Waals surface area contributed by atoms with Gasteiger partial charge >= 0.3 is 0 Å². The van der Waals surface area contributed by atoms with Gasteiger partial charge in [0.05, 0.1) is 0 Å². The maximum atomic E-state index is 13.9. The third-order valence-corrected chi connectivity index (χ3v) is 5.16. The molecule has 1 aliphatic carbocycles. The van der Waals surface area contributed by atoms with Gasteiger partial charge in [-0.25, -0.2) is 8.78 Å². The van der Waals surface area contributed by atoms with E-state index in [1.807, 2.05) is 0 Å². The highest BCUT2D eigenvalue weighted by atomic mass is 19.1. The van der Waals surface area contributed by atoms with E-state index in [2.05, 4.69) is 20.8 Å². The molecule has 118 valence electrons. The summed E-state index contributed by atoms with van der Waals surface area (Å²) in [6.45, 7) is 7.48. The Morgan fingerprint density at radius 3 is 2.43 bits per heavy atom. The van der Waals surface area contributed by atoms with Gasteiger partial charge in [-0.15, -0.1) is 0 Å². The smallest absolute Gasteiger partial charge is 0.129 e. The average molecular weight is 295 g/mol. The lowest BCUT2D eigenvalue weighted by molar-refractivity contribution is 0.101. The minimum Gasteiger partial charge on any atom is -0.330 e. The molecule has 21 heavy (non-hydrogen) atoms. The second-order valence-electron chi connectivity index (χ2n) is 7.57. The van der Waals surface area contributed by atoms with Crippen molar-refractivity contribution in [3.8, 4) is 0 Å². The monoisotopic (exact) mass is 295 g/mol. The standard InChI is InChI=1S/C18H27F2N/c1-18(2,3)15-6-4-13(11-21)14(9-15)8-12-5-7-16(19)10-17(12)20/h5,7,10,13-15H,4,6,8-9,11,21H2,1-3H3. The van der Waals surface area contributed by atoms with Crippen molar-refractivity contribution in [2.24, 2.45) is 28.9 Å². The summed E-state index contributed by atoms with van der Waals surface area (Å²) in [5, 5.41) is 0. The third kappa shape index (κ3) is 4.03. The Kier molecular flexibility index (Phi) is 5.03. The van der Waals surface area contributed by atoms with Crippen LogP contribution in [0.3, 0.4) is 0 Å². The molecule has 0 saturated heterocycles. The van der Waals surface area contributed by atoms with Crippen molar-refractivity contribution < 1.29 is 8.78 Å². The van der Waals surface area contributed by atoms with Crippen molar-refractivity contribution in [3.63, 3.8) is 0 Å². The van der Waals surface area contributed by atoms with Crippen LogP contribution >= 0.6 is 0 Å². The molecular formula is C18H27F2N. The van der Waals surface area contributed by atoms with Gasteiger partial charge in [0.15, 0.2) is 0 Å². The maximum Gasteiger partial charge on any atom is 0.129 e. The summed E-state index contributed by atoms with van der Waals surface area (Å²) >= 11 is 0. The Labute approximate surface area is 126 Å². The molecule has 0 spiro atoms. The van der Waals surface area contributed by atoms with Gasteiger partial charge in [-0.1, -0.05) is 26.8 Å². The fraction of sp³-hybridized carbons (Fsp3) is 0.667. The highest BCUT2D eigenvalue weighted by molar-refractivity contribution is 5.19. The largest absolute Gasteiger partial charge is 0.330 e. The molecule has 1 aromatic rings. The zero-order valence-corrected chi connectivity index (χ0v) is 13.3. The minimum absolute atomic E-state index is 0.277. The molecule has 0 aliphatic heterocycles. The van der Waals surface area contributed by atoms with E-state index >= 15 is 0 Å². The normalized spacial score (nSPS) is 26.9. The van der Waals surface area contributed by atoms with Crippen LogP contribution in [-0.2, 0) is 6.42 Å². The predicted molar refractivity (Wildman–Crippen MR) is 82.9 cm³/mol. The summed E-state index contributed by atoms with van der Waals surface area (Å²) in [5.74, 6) is 0.557. The Hall–Kier alpha value is -0.960. The number of hydrogen-bond acceptors (Lipinski definition) is 1. The molecule has 0 radical (unpaired) electrons. The van der Waals surface area contributed by atoms with E-state index in [0.717, 1.165) is 18.9 Å². The molecule has 0 heterocycles. The summed E-state index contributed by atoms with van der Waals surface area (Å²) in [5.41, 5.74) is 6.81. The van der Waals surface area contributed by atoms with E-state index in [1.165, 1.54) is 12.5 Å². The van der Waals surface area contributed by atoms with E-state index < -0.39 is 11.6 Å². The molecule has 0 aromatic heterocycles. The van der Waals surface area contributed by atoms with E-state index in [9.17, 15) is 8.78 Å². The highest BCUT2D eigenvalue weighted by Crippen LogP contribution is 2.43. The van der Waals surface area contributed by atoms with E-state index in [-0.39, 0.29) is 5.41 Å². The molecule has 1 aromatic carbocycles. The molecule has 3 atom stereocenters. The minimum atomic E-state index is -0.511. The molecule has 2 N–H and O–H groups in total. The second kappa shape index (κ2) is 6.43. The summed E-state index contributed by atoms with van der Waals surface area (Å²) in [7, 11) is 0. The van der Waals surface area contributed by atoms with Crippen LogP contribution in [0.15, 0.2) is 18.2 Å². The van der Waals surface area contributed by atoms with Crippen LogP contribution in [0.2, 0.25) is 0 Å². The molecule has 3 heteroatoms. The van der Waals surface area contributed by atoms with Crippen LogP contribution in [0.1, 0.15) is 45.6 Å². The lowest BCUT2D eigenvalue weighted by atomic mass is 9.64. The average Bonchev–Trinajstić information content (AvgIpc) is 2.41. The van der Waals surface area contributed by atoms with Gasteiger partial charge in [0.25, 0.3) is 0 Å². The number of rotatable bonds is 3. The Morgan fingerprint density at radius 1 is 1.14 bits per heavy atom. The summed E-state index contributed by atoms with van der Waals surface area (Å²) < 4.78 is 26.9. The van der Waals surface area contributed by atoms with Crippen molar-refractivity contribution >= 4 is 0 Å².